The Hall–Kier alpha value is -1.49. The number of anilines is 2. The molecule has 1 heterocycles. The number of rotatable bonds is 4. The van der Waals surface area contributed by atoms with Gasteiger partial charge in [0.1, 0.15) is 5.82 Å². The van der Waals surface area contributed by atoms with Crippen LogP contribution in [0, 0.1) is 5.82 Å². The quantitative estimate of drug-likeness (QED) is 0.807. The lowest BCUT2D eigenvalue weighted by Gasteiger charge is -2.20. The lowest BCUT2D eigenvalue weighted by Crippen LogP contribution is -2.18. The van der Waals surface area contributed by atoms with Crippen molar-refractivity contribution in [3.05, 3.63) is 48.0 Å². The van der Waals surface area contributed by atoms with E-state index in [1.165, 1.54) is 12.1 Å². The number of hydrogen-bond acceptors (Lipinski definition) is 3. The van der Waals surface area contributed by atoms with Gasteiger partial charge in [-0.3, -0.25) is 0 Å². The van der Waals surface area contributed by atoms with Crippen molar-refractivity contribution in [1.29, 1.82) is 0 Å². The van der Waals surface area contributed by atoms with Crippen LogP contribution in [0.15, 0.2) is 36.7 Å². The first-order valence-electron chi connectivity index (χ1n) is 5.64. The fourth-order valence-electron chi connectivity index (χ4n) is 1.62. The molecule has 2 rings (SSSR count). The topological polar surface area (TPSA) is 29.0 Å². The highest BCUT2D eigenvalue weighted by Crippen LogP contribution is 2.21. The van der Waals surface area contributed by atoms with Gasteiger partial charge < -0.3 is 4.90 Å². The molecule has 0 unspecified atom stereocenters. The molecule has 0 radical (unpaired) electrons. The molecule has 0 atom stereocenters. The van der Waals surface area contributed by atoms with E-state index >= 15 is 0 Å². The van der Waals surface area contributed by atoms with Gasteiger partial charge in [-0.05, 0) is 36.8 Å². The molecule has 0 saturated heterocycles. The Bertz CT molecular complexity index is 499. The minimum absolute atomic E-state index is 0.245. The maximum Gasteiger partial charge on any atom is 0.229 e. The first-order chi connectivity index (χ1) is 8.74. The molecule has 5 heteroatoms. The van der Waals surface area contributed by atoms with Gasteiger partial charge in [0, 0.05) is 30.0 Å². The van der Waals surface area contributed by atoms with Crippen LogP contribution in [0.25, 0.3) is 0 Å². The maximum absolute atomic E-state index is 12.9. The van der Waals surface area contributed by atoms with Crippen LogP contribution in [-0.2, 0) is 5.33 Å². The molecule has 94 valence electrons. The molecule has 0 aliphatic heterocycles. The smallest absolute Gasteiger partial charge is 0.229 e. The van der Waals surface area contributed by atoms with Crippen LogP contribution in [0.1, 0.15) is 12.5 Å². The van der Waals surface area contributed by atoms with Gasteiger partial charge in [-0.1, -0.05) is 15.9 Å². The standard InChI is InChI=1S/C13H13BrFN3/c1-2-18(12-5-3-11(15)4-6-12)13-16-8-10(7-14)9-17-13/h3-6,8-9H,2,7H2,1H3. The molecule has 0 N–H and O–H groups in total. The van der Waals surface area contributed by atoms with Crippen molar-refractivity contribution in [1.82, 2.24) is 9.97 Å². The van der Waals surface area contributed by atoms with Gasteiger partial charge >= 0.3 is 0 Å². The van der Waals surface area contributed by atoms with Crippen molar-refractivity contribution < 1.29 is 4.39 Å². The zero-order valence-corrected chi connectivity index (χ0v) is 11.6. The summed E-state index contributed by atoms with van der Waals surface area (Å²) >= 11 is 3.35. The van der Waals surface area contributed by atoms with E-state index in [0.29, 0.717) is 5.95 Å². The summed E-state index contributed by atoms with van der Waals surface area (Å²) in [5, 5.41) is 0.732. The third kappa shape index (κ3) is 2.85. The summed E-state index contributed by atoms with van der Waals surface area (Å²) in [5.41, 5.74) is 1.90. The van der Waals surface area contributed by atoms with Gasteiger partial charge in [-0.15, -0.1) is 0 Å². The summed E-state index contributed by atoms with van der Waals surface area (Å²) < 4.78 is 12.9. The van der Waals surface area contributed by atoms with E-state index in [4.69, 9.17) is 0 Å². The lowest BCUT2D eigenvalue weighted by atomic mass is 10.3. The SMILES string of the molecule is CCN(c1ccc(F)cc1)c1ncc(CBr)cn1. The Morgan fingerprint density at radius 2 is 1.78 bits per heavy atom. The highest BCUT2D eigenvalue weighted by atomic mass is 79.9. The minimum atomic E-state index is -0.245. The second kappa shape index (κ2) is 5.91. The van der Waals surface area contributed by atoms with Gasteiger partial charge in [-0.2, -0.15) is 0 Å². The van der Waals surface area contributed by atoms with E-state index in [1.807, 2.05) is 11.8 Å². The van der Waals surface area contributed by atoms with E-state index in [9.17, 15) is 4.39 Å². The van der Waals surface area contributed by atoms with Crippen molar-refractivity contribution in [3.8, 4) is 0 Å². The molecule has 0 amide bonds. The predicted molar refractivity (Wildman–Crippen MR) is 73.7 cm³/mol. The third-order valence-corrected chi connectivity index (χ3v) is 3.19. The summed E-state index contributed by atoms with van der Waals surface area (Å²) in [5.74, 6) is 0.374. The first kappa shape index (κ1) is 13.0. The molecule has 1 aromatic carbocycles. The van der Waals surface area contributed by atoms with Crippen molar-refractivity contribution in [3.63, 3.8) is 0 Å². The normalized spacial score (nSPS) is 10.4. The van der Waals surface area contributed by atoms with Gasteiger partial charge in [0.25, 0.3) is 0 Å². The van der Waals surface area contributed by atoms with Crippen molar-refractivity contribution in [2.24, 2.45) is 0 Å². The van der Waals surface area contributed by atoms with Crippen LogP contribution in [0.3, 0.4) is 0 Å². The Morgan fingerprint density at radius 3 is 2.28 bits per heavy atom. The molecule has 18 heavy (non-hydrogen) atoms. The molecule has 0 bridgehead atoms. The van der Waals surface area contributed by atoms with E-state index in [2.05, 4.69) is 25.9 Å². The molecule has 0 aliphatic rings. The van der Waals surface area contributed by atoms with Crippen molar-refractivity contribution in [2.75, 3.05) is 11.4 Å². The summed E-state index contributed by atoms with van der Waals surface area (Å²) in [6.45, 7) is 2.73. The Labute approximate surface area is 114 Å². The molecule has 0 saturated carbocycles. The molecule has 3 nitrogen and oxygen atoms in total. The number of alkyl halides is 1. The van der Waals surface area contributed by atoms with Crippen LogP contribution in [0.2, 0.25) is 0 Å². The van der Waals surface area contributed by atoms with Crippen LogP contribution < -0.4 is 4.90 Å². The molecule has 0 fully saturated rings. The van der Waals surface area contributed by atoms with Gasteiger partial charge in [0.2, 0.25) is 5.95 Å². The molecule has 2 aromatic rings. The Balaban J connectivity index is 2.29. The van der Waals surface area contributed by atoms with Crippen LogP contribution in [-0.4, -0.2) is 16.5 Å². The fraction of sp³-hybridized carbons (Fsp3) is 0.231. The van der Waals surface area contributed by atoms with Crippen LogP contribution in [0.5, 0.6) is 0 Å². The van der Waals surface area contributed by atoms with Crippen LogP contribution in [0.4, 0.5) is 16.0 Å². The Kier molecular flexibility index (Phi) is 4.25. The van der Waals surface area contributed by atoms with E-state index < -0.39 is 0 Å². The molecule has 1 aromatic heterocycles. The summed E-state index contributed by atoms with van der Waals surface area (Å²) in [6, 6.07) is 6.32. The fourth-order valence-corrected chi connectivity index (χ4v) is 1.91. The zero-order valence-electron chi connectivity index (χ0n) is 9.98. The first-order valence-corrected chi connectivity index (χ1v) is 6.76. The molecule has 0 aliphatic carbocycles. The lowest BCUT2D eigenvalue weighted by molar-refractivity contribution is 0.627. The van der Waals surface area contributed by atoms with Crippen molar-refractivity contribution in [2.45, 2.75) is 12.3 Å². The number of nitrogens with zero attached hydrogens (tertiary/aromatic N) is 3. The average molecular weight is 310 g/mol. The van der Waals surface area contributed by atoms with E-state index in [1.54, 1.807) is 24.5 Å². The number of benzene rings is 1. The molecular formula is C13H13BrFN3. The predicted octanol–water partition coefficient (Wildman–Crippen LogP) is 3.67. The highest BCUT2D eigenvalue weighted by Gasteiger charge is 2.09. The number of aromatic nitrogens is 2. The third-order valence-electron chi connectivity index (χ3n) is 2.54. The largest absolute Gasteiger partial charge is 0.311 e. The second-order valence-electron chi connectivity index (χ2n) is 3.75. The average Bonchev–Trinajstić information content (AvgIpc) is 2.42. The molecular weight excluding hydrogens is 297 g/mol. The molecule has 0 spiro atoms. The number of halogens is 2. The summed E-state index contributed by atoms with van der Waals surface area (Å²) in [4.78, 5) is 10.5. The number of hydrogen-bond donors (Lipinski definition) is 0. The van der Waals surface area contributed by atoms with Crippen LogP contribution >= 0.6 is 15.9 Å². The van der Waals surface area contributed by atoms with Gasteiger partial charge in [0.05, 0.1) is 0 Å². The zero-order chi connectivity index (χ0) is 13.0. The monoisotopic (exact) mass is 309 g/mol. The van der Waals surface area contributed by atoms with Gasteiger partial charge in [-0.25, -0.2) is 14.4 Å². The second-order valence-corrected chi connectivity index (χ2v) is 4.31. The minimum Gasteiger partial charge on any atom is -0.311 e. The van der Waals surface area contributed by atoms with E-state index in [0.717, 1.165) is 23.1 Å². The van der Waals surface area contributed by atoms with E-state index in [-0.39, 0.29) is 5.82 Å². The summed E-state index contributed by atoms with van der Waals surface area (Å²) in [6.07, 6.45) is 3.56. The van der Waals surface area contributed by atoms with Crippen molar-refractivity contribution >= 4 is 27.6 Å². The Morgan fingerprint density at radius 1 is 1.17 bits per heavy atom. The highest BCUT2D eigenvalue weighted by molar-refractivity contribution is 9.08. The maximum atomic E-state index is 12.9. The van der Waals surface area contributed by atoms with Gasteiger partial charge in [0.15, 0.2) is 0 Å². The summed E-state index contributed by atoms with van der Waals surface area (Å²) in [7, 11) is 0.